The van der Waals surface area contributed by atoms with Crippen molar-refractivity contribution in [1.82, 2.24) is 25.3 Å². The van der Waals surface area contributed by atoms with Crippen molar-refractivity contribution >= 4 is 16.7 Å². The molecule has 3 heterocycles. The number of aromatic nitrogens is 4. The summed E-state index contributed by atoms with van der Waals surface area (Å²) in [5, 5.41) is 1.71. The molecule has 0 aromatic carbocycles. The van der Waals surface area contributed by atoms with Gasteiger partial charge in [0, 0.05) is 58.9 Å². The molecule has 0 radical (unpaired) electrons. The summed E-state index contributed by atoms with van der Waals surface area (Å²) < 4.78 is 121. The second-order valence-electron chi connectivity index (χ2n) is 9.78. The van der Waals surface area contributed by atoms with Crippen molar-refractivity contribution in [3.8, 4) is 11.1 Å². The Morgan fingerprint density at radius 1 is 0.952 bits per heavy atom. The second-order valence-corrected chi connectivity index (χ2v) is 11.4. The van der Waals surface area contributed by atoms with Crippen LogP contribution in [0.3, 0.4) is 0 Å². The first-order valence-corrected chi connectivity index (χ1v) is 13.8. The van der Waals surface area contributed by atoms with E-state index in [9.17, 15) is 39.7 Å². The standard InChI is InChI=1S/C26H23F8N5O2S/c1-13-19(28)7-14(2-4-20(13)42(41)21-5-3-18(27)12-35-21)23(40)37-9-16-6-15(8-36-22(16)25(29,30)31)17-10-38-24(39-11-17)26(32,33)34/h3,5-6,8,10-14,19-20H,2,4,7,9H2,1H3,(H,37,40)/t13-,14-,19+,20?,42?/m0/s1. The van der Waals surface area contributed by atoms with Crippen LogP contribution in [0.1, 0.15) is 43.3 Å². The van der Waals surface area contributed by atoms with E-state index in [1.807, 2.05) is 0 Å². The molecule has 226 valence electrons. The Balaban J connectivity index is 1.49. The number of pyridine rings is 2. The fraction of sp³-hybridized carbons (Fsp3) is 0.423. The molecule has 1 saturated carbocycles. The molecule has 0 bridgehead atoms. The Hall–Kier alpha value is -3.56. The molecule has 1 N–H and O–H groups in total. The average molecular weight is 622 g/mol. The maximum absolute atomic E-state index is 15.1. The number of amides is 1. The van der Waals surface area contributed by atoms with Gasteiger partial charge >= 0.3 is 12.4 Å². The van der Waals surface area contributed by atoms with Gasteiger partial charge < -0.3 is 5.32 Å². The van der Waals surface area contributed by atoms with Crippen LogP contribution in [0.25, 0.3) is 11.1 Å². The number of hydrogen-bond donors (Lipinski definition) is 1. The molecular weight excluding hydrogens is 598 g/mol. The van der Waals surface area contributed by atoms with Gasteiger partial charge in [-0.3, -0.25) is 14.0 Å². The highest BCUT2D eigenvalue weighted by Gasteiger charge is 2.39. The number of rotatable bonds is 6. The van der Waals surface area contributed by atoms with E-state index in [1.165, 1.54) is 13.0 Å². The largest absolute Gasteiger partial charge is 0.451 e. The third-order valence-corrected chi connectivity index (χ3v) is 8.81. The van der Waals surface area contributed by atoms with E-state index in [2.05, 4.69) is 25.3 Å². The molecule has 2 unspecified atom stereocenters. The number of carbonyl (C=O) groups is 1. The molecule has 3 aromatic heterocycles. The van der Waals surface area contributed by atoms with Gasteiger partial charge in [-0.25, -0.2) is 23.7 Å². The monoisotopic (exact) mass is 621 g/mol. The van der Waals surface area contributed by atoms with Crippen molar-refractivity contribution < 1.29 is 44.1 Å². The van der Waals surface area contributed by atoms with Gasteiger partial charge in [0.15, 0.2) is 0 Å². The molecule has 5 atom stereocenters. The normalized spacial score (nSPS) is 22.3. The summed E-state index contributed by atoms with van der Waals surface area (Å²) in [6, 6.07) is 3.32. The first-order valence-electron chi connectivity index (χ1n) is 12.5. The van der Waals surface area contributed by atoms with Crippen molar-refractivity contribution in [3.05, 3.63) is 65.9 Å². The van der Waals surface area contributed by atoms with Crippen LogP contribution in [0, 0.1) is 17.7 Å². The third kappa shape index (κ3) is 7.25. The predicted molar refractivity (Wildman–Crippen MR) is 133 cm³/mol. The maximum Gasteiger partial charge on any atom is 0.451 e. The van der Waals surface area contributed by atoms with E-state index in [0.717, 1.165) is 36.9 Å². The summed E-state index contributed by atoms with van der Waals surface area (Å²) in [7, 11) is -1.80. The smallest absolute Gasteiger partial charge is 0.352 e. The molecule has 1 fully saturated rings. The van der Waals surface area contributed by atoms with Gasteiger partial charge in [-0.2, -0.15) is 26.3 Å². The molecule has 1 aliphatic carbocycles. The summed E-state index contributed by atoms with van der Waals surface area (Å²) in [5.74, 6) is -4.49. The minimum Gasteiger partial charge on any atom is -0.352 e. The zero-order chi connectivity index (χ0) is 30.8. The molecule has 3 aromatic rings. The highest BCUT2D eigenvalue weighted by atomic mass is 32.2. The molecule has 16 heteroatoms. The summed E-state index contributed by atoms with van der Waals surface area (Å²) in [6.45, 7) is 0.878. The Kier molecular flexibility index (Phi) is 9.23. The molecular formula is C26H23F8N5O2S. The maximum atomic E-state index is 15.1. The third-order valence-electron chi connectivity index (χ3n) is 6.95. The average Bonchev–Trinajstić information content (AvgIpc) is 3.08. The number of alkyl halides is 7. The lowest BCUT2D eigenvalue weighted by molar-refractivity contribution is -0.145. The Labute approximate surface area is 236 Å². The fourth-order valence-corrected chi connectivity index (χ4v) is 6.23. The minimum absolute atomic E-state index is 0.0205. The van der Waals surface area contributed by atoms with Crippen molar-refractivity contribution in [2.75, 3.05) is 0 Å². The quantitative estimate of drug-likeness (QED) is 0.281. The van der Waals surface area contributed by atoms with Gasteiger partial charge in [0.25, 0.3) is 0 Å². The molecule has 1 amide bonds. The van der Waals surface area contributed by atoms with Crippen LogP contribution in [0.2, 0.25) is 0 Å². The highest BCUT2D eigenvalue weighted by molar-refractivity contribution is 7.85. The van der Waals surface area contributed by atoms with Crippen LogP contribution in [-0.4, -0.2) is 41.5 Å². The van der Waals surface area contributed by atoms with Crippen LogP contribution in [-0.2, 0) is 34.5 Å². The van der Waals surface area contributed by atoms with Crippen LogP contribution in [0.4, 0.5) is 35.1 Å². The summed E-state index contributed by atoms with van der Waals surface area (Å²) in [6.07, 6.45) is -8.05. The van der Waals surface area contributed by atoms with Gasteiger partial charge in [0.05, 0.1) is 17.0 Å². The Morgan fingerprint density at radius 3 is 2.21 bits per heavy atom. The first-order chi connectivity index (χ1) is 19.6. The fourth-order valence-electron chi connectivity index (χ4n) is 4.65. The molecule has 0 saturated heterocycles. The van der Waals surface area contributed by atoms with Gasteiger partial charge in [-0.15, -0.1) is 0 Å². The van der Waals surface area contributed by atoms with Crippen LogP contribution >= 0.6 is 0 Å². The van der Waals surface area contributed by atoms with Crippen molar-refractivity contribution in [2.24, 2.45) is 11.8 Å². The lowest BCUT2D eigenvalue weighted by Crippen LogP contribution is -2.33. The van der Waals surface area contributed by atoms with Gasteiger partial charge in [0.2, 0.25) is 11.7 Å². The molecule has 4 rings (SSSR count). The van der Waals surface area contributed by atoms with E-state index in [4.69, 9.17) is 0 Å². The zero-order valence-corrected chi connectivity index (χ0v) is 22.5. The van der Waals surface area contributed by atoms with Gasteiger partial charge in [-0.05, 0) is 37.5 Å². The predicted octanol–water partition coefficient (Wildman–Crippen LogP) is 5.68. The molecule has 1 aliphatic rings. The lowest BCUT2D eigenvalue weighted by atomic mass is 9.96. The van der Waals surface area contributed by atoms with Crippen LogP contribution in [0.15, 0.2) is 48.0 Å². The number of carbonyl (C=O) groups excluding carboxylic acids is 1. The summed E-state index contributed by atoms with van der Waals surface area (Å²) in [5.41, 5.74) is -1.86. The highest BCUT2D eigenvalue weighted by Crippen LogP contribution is 2.36. The molecule has 0 spiro atoms. The number of nitrogens with one attached hydrogen (secondary N) is 1. The number of nitrogens with zero attached hydrogens (tertiary/aromatic N) is 4. The minimum atomic E-state index is -4.91. The van der Waals surface area contributed by atoms with E-state index >= 15 is 4.39 Å². The van der Waals surface area contributed by atoms with Crippen molar-refractivity contribution in [2.45, 2.75) is 61.5 Å². The summed E-state index contributed by atoms with van der Waals surface area (Å²) >= 11 is 0. The first kappa shape index (κ1) is 31.4. The van der Waals surface area contributed by atoms with E-state index < -0.39 is 81.8 Å². The Bertz CT molecular complexity index is 1430. The zero-order valence-electron chi connectivity index (χ0n) is 21.7. The SMILES string of the molecule is C[C@@H]1C(S(=O)c2ccc(F)cn2)CC[C@H](C(=O)NCc2cc(-c3cnc(C(F)(F)F)nc3)cnc2C(F)(F)F)C[C@H]1F. The number of hydrogen-bond acceptors (Lipinski definition) is 6. The van der Waals surface area contributed by atoms with Gasteiger partial charge in [-0.1, -0.05) is 6.92 Å². The van der Waals surface area contributed by atoms with Crippen LogP contribution in [0.5, 0.6) is 0 Å². The van der Waals surface area contributed by atoms with E-state index in [0.29, 0.717) is 0 Å². The van der Waals surface area contributed by atoms with Crippen molar-refractivity contribution in [1.29, 1.82) is 0 Å². The van der Waals surface area contributed by atoms with Crippen LogP contribution < -0.4 is 5.32 Å². The molecule has 0 aliphatic heterocycles. The topological polar surface area (TPSA) is 97.7 Å². The number of halogens is 8. The van der Waals surface area contributed by atoms with E-state index in [1.54, 1.807) is 0 Å². The lowest BCUT2D eigenvalue weighted by Gasteiger charge is -2.22. The molecule has 7 nitrogen and oxygen atoms in total. The molecule has 42 heavy (non-hydrogen) atoms. The summed E-state index contributed by atoms with van der Waals surface area (Å²) in [4.78, 5) is 26.6. The van der Waals surface area contributed by atoms with E-state index in [-0.39, 0.29) is 35.4 Å². The van der Waals surface area contributed by atoms with Crippen molar-refractivity contribution in [3.63, 3.8) is 0 Å². The van der Waals surface area contributed by atoms with Gasteiger partial charge in [0.1, 0.15) is 22.7 Å². The second kappa shape index (κ2) is 12.4. The Morgan fingerprint density at radius 2 is 1.62 bits per heavy atom.